The Kier molecular flexibility index (Phi) is 8.00. The Hall–Kier alpha value is -8.60. The van der Waals surface area contributed by atoms with E-state index in [-0.39, 0.29) is 5.41 Å². The predicted octanol–water partition coefficient (Wildman–Crippen LogP) is 17.7. The third kappa shape index (κ3) is 5.60. The zero-order valence-electron chi connectivity index (χ0n) is 37.0. The second-order valence-electron chi connectivity index (χ2n) is 18.4. The number of para-hydroxylation sites is 4. The number of rotatable bonds is 6. The summed E-state index contributed by atoms with van der Waals surface area (Å²) < 4.78 is 15.2. The highest BCUT2D eigenvalue weighted by Gasteiger charge is 2.36. The average molecular weight is 859 g/mol. The fourth-order valence-electron chi connectivity index (χ4n) is 11.2. The SMILES string of the molecule is CC1(C)c2ccccc2-c2ccc(N(c3ccc(-c4ccc(-n5c6ccccc6c6ccc7oc8ccccc8c7c65)cc4)cc3)c3ccc(-c4cccc5c4oc4ccccc45)cc3)cc21. The molecule has 0 saturated heterocycles. The Morgan fingerprint density at radius 3 is 1.75 bits per heavy atom. The molecular weight excluding hydrogens is 817 g/mol. The van der Waals surface area contributed by atoms with Gasteiger partial charge in [0.05, 0.1) is 16.4 Å². The minimum atomic E-state index is -0.129. The lowest BCUT2D eigenvalue weighted by atomic mass is 9.82. The van der Waals surface area contributed by atoms with Gasteiger partial charge in [-0.3, -0.25) is 0 Å². The molecule has 316 valence electrons. The van der Waals surface area contributed by atoms with Crippen molar-refractivity contribution in [1.29, 1.82) is 0 Å². The van der Waals surface area contributed by atoms with Crippen LogP contribution in [0.25, 0.3) is 105 Å². The summed E-state index contributed by atoms with van der Waals surface area (Å²) in [4.78, 5) is 2.39. The number of furan rings is 2. The first-order valence-electron chi connectivity index (χ1n) is 23.1. The normalized spacial score (nSPS) is 13.0. The summed E-state index contributed by atoms with van der Waals surface area (Å²) in [5.74, 6) is 0. The van der Waals surface area contributed by atoms with Gasteiger partial charge in [-0.1, -0.05) is 153 Å². The van der Waals surface area contributed by atoms with Crippen LogP contribution in [0.2, 0.25) is 0 Å². The van der Waals surface area contributed by atoms with Gasteiger partial charge in [0.15, 0.2) is 0 Å². The van der Waals surface area contributed by atoms with Crippen LogP contribution < -0.4 is 4.90 Å². The van der Waals surface area contributed by atoms with Crippen molar-refractivity contribution < 1.29 is 8.83 Å². The maximum atomic E-state index is 6.46. The van der Waals surface area contributed by atoms with E-state index < -0.39 is 0 Å². The first kappa shape index (κ1) is 37.7. The Balaban J connectivity index is 0.857. The Morgan fingerprint density at radius 2 is 0.970 bits per heavy atom. The predicted molar refractivity (Wildman–Crippen MR) is 278 cm³/mol. The van der Waals surface area contributed by atoms with E-state index in [0.717, 1.165) is 88.9 Å². The van der Waals surface area contributed by atoms with Crippen LogP contribution in [0.5, 0.6) is 0 Å². The van der Waals surface area contributed by atoms with Crippen molar-refractivity contribution in [1.82, 2.24) is 4.57 Å². The van der Waals surface area contributed by atoms with Crippen molar-refractivity contribution >= 4 is 82.7 Å². The standard InChI is InChI=1S/C63H42N2O2/c1-63(2)54-18-7-3-12-47(54)48-35-34-45(38-55(48)63)64(43-32-26-41(27-33-43)46-16-11-17-52-50-14-5-9-20-57(50)67-62(46)52)42-28-22-39(23-29-42)40-24-30-44(31-25-40)65-56-19-8-4-13-49(56)51-36-37-59-60(61(51)65)53-15-6-10-21-58(53)66-59/h3-38H,1-2H3. The lowest BCUT2D eigenvalue weighted by Gasteiger charge is -2.28. The third-order valence-electron chi connectivity index (χ3n) is 14.4. The maximum absolute atomic E-state index is 6.46. The zero-order chi connectivity index (χ0) is 44.4. The molecule has 0 saturated carbocycles. The molecule has 0 N–H and O–H groups in total. The molecule has 1 aliphatic rings. The zero-order valence-corrected chi connectivity index (χ0v) is 37.0. The van der Waals surface area contributed by atoms with Gasteiger partial charge in [-0.2, -0.15) is 0 Å². The third-order valence-corrected chi connectivity index (χ3v) is 14.4. The van der Waals surface area contributed by atoms with E-state index in [1.54, 1.807) is 0 Å². The summed E-state index contributed by atoms with van der Waals surface area (Å²) in [7, 11) is 0. The summed E-state index contributed by atoms with van der Waals surface area (Å²) in [6.45, 7) is 4.70. The van der Waals surface area contributed by atoms with Crippen LogP contribution in [0.1, 0.15) is 25.0 Å². The highest BCUT2D eigenvalue weighted by Crippen LogP contribution is 2.51. The van der Waals surface area contributed by atoms with Crippen molar-refractivity contribution in [2.75, 3.05) is 4.90 Å². The summed E-state index contributed by atoms with van der Waals surface area (Å²) in [5.41, 5.74) is 20.1. The average Bonchev–Trinajstić information content (AvgIpc) is 4.11. The fourth-order valence-corrected chi connectivity index (χ4v) is 11.2. The number of nitrogens with zero attached hydrogens (tertiary/aromatic N) is 2. The first-order chi connectivity index (χ1) is 33.0. The number of aromatic nitrogens is 1. The molecule has 3 aromatic heterocycles. The molecule has 13 aromatic rings. The molecule has 0 unspecified atom stereocenters. The topological polar surface area (TPSA) is 34.5 Å². The van der Waals surface area contributed by atoms with Crippen LogP contribution in [0.15, 0.2) is 227 Å². The molecule has 3 heterocycles. The smallest absolute Gasteiger partial charge is 0.143 e. The molecule has 10 aromatic carbocycles. The summed E-state index contributed by atoms with van der Waals surface area (Å²) in [5, 5.41) is 6.98. The number of hydrogen-bond acceptors (Lipinski definition) is 3. The quantitative estimate of drug-likeness (QED) is 0.167. The lowest BCUT2D eigenvalue weighted by Crippen LogP contribution is -2.16. The van der Waals surface area contributed by atoms with Crippen LogP contribution in [0.4, 0.5) is 17.1 Å². The Bertz CT molecular complexity index is 4110. The van der Waals surface area contributed by atoms with E-state index in [0.29, 0.717) is 0 Å². The highest BCUT2D eigenvalue weighted by molar-refractivity contribution is 6.24. The van der Waals surface area contributed by atoms with Gasteiger partial charge < -0.3 is 18.3 Å². The molecular formula is C63H42N2O2. The molecule has 0 radical (unpaired) electrons. The molecule has 14 rings (SSSR count). The van der Waals surface area contributed by atoms with Crippen LogP contribution in [-0.2, 0) is 5.41 Å². The summed E-state index contributed by atoms with van der Waals surface area (Å²) in [6, 6.07) is 78.9. The molecule has 0 spiro atoms. The Morgan fingerprint density at radius 1 is 0.388 bits per heavy atom. The largest absolute Gasteiger partial charge is 0.456 e. The van der Waals surface area contributed by atoms with E-state index in [4.69, 9.17) is 8.83 Å². The van der Waals surface area contributed by atoms with E-state index in [9.17, 15) is 0 Å². The Labute approximate surface area is 387 Å². The minimum absolute atomic E-state index is 0.129. The number of benzene rings is 10. The number of anilines is 3. The molecule has 0 bridgehead atoms. The summed E-state index contributed by atoms with van der Waals surface area (Å²) in [6.07, 6.45) is 0. The van der Waals surface area contributed by atoms with Gasteiger partial charge in [-0.15, -0.1) is 0 Å². The van der Waals surface area contributed by atoms with Gasteiger partial charge in [0, 0.05) is 60.7 Å². The lowest BCUT2D eigenvalue weighted by molar-refractivity contribution is 0.660. The second kappa shape index (κ2) is 14.2. The minimum Gasteiger partial charge on any atom is -0.456 e. The van der Waals surface area contributed by atoms with Gasteiger partial charge in [-0.05, 0) is 118 Å². The molecule has 4 heteroatoms. The molecule has 0 atom stereocenters. The van der Waals surface area contributed by atoms with Gasteiger partial charge >= 0.3 is 0 Å². The van der Waals surface area contributed by atoms with E-state index in [1.165, 1.54) is 44.1 Å². The maximum Gasteiger partial charge on any atom is 0.143 e. The monoisotopic (exact) mass is 858 g/mol. The highest BCUT2D eigenvalue weighted by atomic mass is 16.3. The van der Waals surface area contributed by atoms with Crippen LogP contribution in [0.3, 0.4) is 0 Å². The molecule has 1 aliphatic carbocycles. The van der Waals surface area contributed by atoms with Gasteiger partial charge in [-0.25, -0.2) is 0 Å². The van der Waals surface area contributed by atoms with E-state index >= 15 is 0 Å². The number of fused-ring (bicyclic) bond motifs is 13. The van der Waals surface area contributed by atoms with Gasteiger partial charge in [0.25, 0.3) is 0 Å². The van der Waals surface area contributed by atoms with Crippen molar-refractivity contribution in [2.45, 2.75) is 19.3 Å². The number of hydrogen-bond donors (Lipinski definition) is 0. The molecule has 0 fully saturated rings. The van der Waals surface area contributed by atoms with E-state index in [1.807, 2.05) is 18.2 Å². The first-order valence-corrected chi connectivity index (χ1v) is 23.1. The van der Waals surface area contributed by atoms with Gasteiger partial charge in [0.1, 0.15) is 22.3 Å². The van der Waals surface area contributed by atoms with Crippen molar-refractivity contribution in [2.24, 2.45) is 0 Å². The van der Waals surface area contributed by atoms with Crippen molar-refractivity contribution in [3.8, 4) is 39.1 Å². The molecule has 0 amide bonds. The van der Waals surface area contributed by atoms with Crippen molar-refractivity contribution in [3.05, 3.63) is 230 Å². The fraction of sp³-hybridized carbons (Fsp3) is 0.0476. The van der Waals surface area contributed by atoms with Gasteiger partial charge in [0.2, 0.25) is 0 Å². The van der Waals surface area contributed by atoms with Crippen molar-refractivity contribution in [3.63, 3.8) is 0 Å². The van der Waals surface area contributed by atoms with Crippen LogP contribution in [0, 0.1) is 0 Å². The molecule has 0 aliphatic heterocycles. The molecule has 67 heavy (non-hydrogen) atoms. The van der Waals surface area contributed by atoms with Crippen LogP contribution >= 0.6 is 0 Å². The van der Waals surface area contributed by atoms with E-state index in [2.05, 4.69) is 224 Å². The summed E-state index contributed by atoms with van der Waals surface area (Å²) >= 11 is 0. The van der Waals surface area contributed by atoms with Crippen LogP contribution in [-0.4, -0.2) is 4.57 Å². The second-order valence-corrected chi connectivity index (χ2v) is 18.4. The molecule has 4 nitrogen and oxygen atoms in total.